The van der Waals surface area contributed by atoms with Crippen LogP contribution in [0, 0.1) is 0 Å². The monoisotopic (exact) mass is 476 g/mol. The number of carbonyl (C=O) groups excluding carboxylic acids is 2. The van der Waals surface area contributed by atoms with E-state index in [0.717, 1.165) is 44.5 Å². The Hall–Kier alpha value is -1.97. The van der Waals surface area contributed by atoms with Crippen LogP contribution in [0.2, 0.25) is 0 Å². The van der Waals surface area contributed by atoms with Crippen LogP contribution in [0.5, 0.6) is 0 Å². The number of amides is 2. The molecule has 2 fully saturated rings. The lowest BCUT2D eigenvalue weighted by Gasteiger charge is -2.26. The molecule has 33 heavy (non-hydrogen) atoms. The van der Waals surface area contributed by atoms with Crippen molar-refractivity contribution >= 4 is 27.5 Å². The molecule has 1 N–H and O–H groups in total. The van der Waals surface area contributed by atoms with E-state index in [1.165, 1.54) is 37.5 Å². The van der Waals surface area contributed by atoms with Gasteiger partial charge in [-0.25, -0.2) is 8.42 Å². The van der Waals surface area contributed by atoms with Crippen LogP contribution in [0.3, 0.4) is 0 Å². The van der Waals surface area contributed by atoms with Gasteiger partial charge < -0.3 is 10.2 Å². The quantitative estimate of drug-likeness (QED) is 0.679. The second kappa shape index (κ2) is 10.5. The molecule has 1 aromatic rings. The fourth-order valence-electron chi connectivity index (χ4n) is 5.26. The van der Waals surface area contributed by atoms with Gasteiger partial charge in [0.05, 0.1) is 4.90 Å². The van der Waals surface area contributed by atoms with Gasteiger partial charge in [0.25, 0.3) is 0 Å². The number of likely N-dealkylation sites (tertiary alicyclic amines) is 1. The first-order chi connectivity index (χ1) is 15.9. The summed E-state index contributed by atoms with van der Waals surface area (Å²) in [7, 11) is -3.56. The predicted molar refractivity (Wildman–Crippen MR) is 128 cm³/mol. The summed E-state index contributed by atoms with van der Waals surface area (Å²) in [5.74, 6) is -0.398. The summed E-state index contributed by atoms with van der Waals surface area (Å²) in [5.41, 5.74) is 1.36. The Bertz CT molecular complexity index is 967. The van der Waals surface area contributed by atoms with Gasteiger partial charge in [-0.3, -0.25) is 14.5 Å². The summed E-state index contributed by atoms with van der Waals surface area (Å²) in [6.45, 7) is 6.03. The fraction of sp³-hybridized carbons (Fsp3) is 0.667. The number of anilines is 1. The molecule has 0 aromatic heterocycles. The smallest absolute Gasteiger partial charge is 0.243 e. The standard InChI is InChI=1S/C24H36N4O4S/c1-19(29)28-22-10-9-21(33(31,32)27-14-7-4-8-15-27)17-20(22)18-23(28)24(30)25-11-16-26-12-5-2-3-6-13-26/h9-10,17,23H,2-8,11-16,18H2,1H3,(H,25,30)/t23-/m1/s1. The molecule has 4 rings (SSSR count). The topological polar surface area (TPSA) is 90.0 Å². The number of nitrogens with one attached hydrogen (secondary N) is 1. The van der Waals surface area contributed by atoms with E-state index >= 15 is 0 Å². The molecule has 0 aliphatic carbocycles. The Labute approximate surface area is 197 Å². The average molecular weight is 477 g/mol. The summed E-state index contributed by atoms with van der Waals surface area (Å²) in [6, 6.07) is 4.26. The van der Waals surface area contributed by atoms with Gasteiger partial charge in [0, 0.05) is 45.2 Å². The SMILES string of the molecule is CC(=O)N1c2ccc(S(=O)(=O)N3CCCCC3)cc2C[C@@H]1C(=O)NCCN1CCCCCC1. The van der Waals surface area contributed by atoms with Crippen LogP contribution in [0.15, 0.2) is 23.1 Å². The largest absolute Gasteiger partial charge is 0.353 e. The lowest BCUT2D eigenvalue weighted by molar-refractivity contribution is -0.125. The molecule has 3 aliphatic rings. The number of carbonyl (C=O) groups is 2. The van der Waals surface area contributed by atoms with Crippen molar-refractivity contribution in [3.8, 4) is 0 Å². The second-order valence-electron chi connectivity index (χ2n) is 9.41. The van der Waals surface area contributed by atoms with Crippen molar-refractivity contribution in [3.63, 3.8) is 0 Å². The molecule has 3 heterocycles. The summed E-state index contributed by atoms with van der Waals surface area (Å²) < 4.78 is 27.7. The zero-order chi connectivity index (χ0) is 23.4. The minimum absolute atomic E-state index is 0.184. The zero-order valence-electron chi connectivity index (χ0n) is 19.6. The number of nitrogens with zero attached hydrogens (tertiary/aromatic N) is 3. The highest BCUT2D eigenvalue weighted by atomic mass is 32.2. The lowest BCUT2D eigenvalue weighted by Crippen LogP contribution is -2.48. The van der Waals surface area contributed by atoms with E-state index in [-0.39, 0.29) is 16.7 Å². The van der Waals surface area contributed by atoms with Gasteiger partial charge in [-0.1, -0.05) is 19.3 Å². The van der Waals surface area contributed by atoms with Gasteiger partial charge in [-0.15, -0.1) is 0 Å². The number of benzene rings is 1. The number of sulfonamides is 1. The van der Waals surface area contributed by atoms with Crippen LogP contribution in [0.25, 0.3) is 0 Å². The van der Waals surface area contributed by atoms with Crippen LogP contribution in [-0.4, -0.2) is 74.7 Å². The molecule has 0 unspecified atom stereocenters. The Morgan fingerprint density at radius 1 is 0.970 bits per heavy atom. The van der Waals surface area contributed by atoms with Crippen molar-refractivity contribution in [1.82, 2.24) is 14.5 Å². The third-order valence-corrected chi connectivity index (χ3v) is 8.95. The van der Waals surface area contributed by atoms with Crippen LogP contribution in [-0.2, 0) is 26.0 Å². The van der Waals surface area contributed by atoms with Crippen LogP contribution >= 0.6 is 0 Å². The van der Waals surface area contributed by atoms with Crippen LogP contribution in [0.1, 0.15) is 57.4 Å². The van der Waals surface area contributed by atoms with E-state index < -0.39 is 16.1 Å². The zero-order valence-corrected chi connectivity index (χ0v) is 20.4. The molecule has 9 heteroatoms. The summed E-state index contributed by atoms with van der Waals surface area (Å²) >= 11 is 0. The number of piperidine rings is 1. The van der Waals surface area contributed by atoms with E-state index in [9.17, 15) is 18.0 Å². The van der Waals surface area contributed by atoms with E-state index in [1.54, 1.807) is 22.5 Å². The fourth-order valence-corrected chi connectivity index (χ4v) is 6.82. The Balaban J connectivity index is 1.44. The third kappa shape index (κ3) is 5.41. The molecule has 1 atom stereocenters. The average Bonchev–Trinajstić information content (AvgIpc) is 3.01. The third-order valence-electron chi connectivity index (χ3n) is 7.06. The van der Waals surface area contributed by atoms with Crippen molar-refractivity contribution in [1.29, 1.82) is 0 Å². The van der Waals surface area contributed by atoms with Crippen molar-refractivity contribution in [2.75, 3.05) is 44.2 Å². The van der Waals surface area contributed by atoms with Gasteiger partial charge >= 0.3 is 0 Å². The molecule has 0 spiro atoms. The maximum Gasteiger partial charge on any atom is 0.243 e. The summed E-state index contributed by atoms with van der Waals surface area (Å²) in [4.78, 5) is 29.6. The van der Waals surface area contributed by atoms with Gasteiger partial charge in [-0.05, 0) is 62.5 Å². The van der Waals surface area contributed by atoms with Crippen molar-refractivity contribution < 1.29 is 18.0 Å². The van der Waals surface area contributed by atoms with E-state index in [2.05, 4.69) is 10.2 Å². The molecule has 0 saturated carbocycles. The highest BCUT2D eigenvalue weighted by molar-refractivity contribution is 7.89. The molecule has 3 aliphatic heterocycles. The van der Waals surface area contributed by atoms with Crippen LogP contribution < -0.4 is 10.2 Å². The molecule has 8 nitrogen and oxygen atoms in total. The molecule has 1 aromatic carbocycles. The van der Waals surface area contributed by atoms with Crippen molar-refractivity contribution in [3.05, 3.63) is 23.8 Å². The molecular formula is C24H36N4O4S. The minimum atomic E-state index is -3.56. The van der Waals surface area contributed by atoms with E-state index in [4.69, 9.17) is 0 Å². The molecule has 0 bridgehead atoms. The molecule has 0 radical (unpaired) electrons. The minimum Gasteiger partial charge on any atom is -0.353 e. The second-order valence-corrected chi connectivity index (χ2v) is 11.3. The number of hydrogen-bond acceptors (Lipinski definition) is 5. The maximum absolute atomic E-state index is 13.1. The number of hydrogen-bond donors (Lipinski definition) is 1. The maximum atomic E-state index is 13.1. The Kier molecular flexibility index (Phi) is 7.71. The van der Waals surface area contributed by atoms with Gasteiger partial charge in [0.15, 0.2) is 0 Å². The highest BCUT2D eigenvalue weighted by Gasteiger charge is 2.38. The highest BCUT2D eigenvalue weighted by Crippen LogP contribution is 2.35. The molecular weight excluding hydrogens is 440 g/mol. The Morgan fingerprint density at radius 2 is 1.61 bits per heavy atom. The van der Waals surface area contributed by atoms with Crippen molar-refractivity contribution in [2.45, 2.75) is 69.2 Å². The molecule has 182 valence electrons. The lowest BCUT2D eigenvalue weighted by atomic mass is 10.1. The van der Waals surface area contributed by atoms with Crippen molar-refractivity contribution in [2.24, 2.45) is 0 Å². The first-order valence-electron chi connectivity index (χ1n) is 12.3. The van der Waals surface area contributed by atoms with Gasteiger partial charge in [0.2, 0.25) is 21.8 Å². The summed E-state index contributed by atoms with van der Waals surface area (Å²) in [5, 5.41) is 3.01. The Morgan fingerprint density at radius 3 is 2.27 bits per heavy atom. The first-order valence-corrected chi connectivity index (χ1v) is 13.7. The van der Waals surface area contributed by atoms with E-state index in [1.807, 2.05) is 0 Å². The molecule has 2 amide bonds. The molecule has 2 saturated heterocycles. The number of rotatable bonds is 6. The normalized spacial score (nSPS) is 22.6. The summed E-state index contributed by atoms with van der Waals surface area (Å²) in [6.07, 6.45) is 8.08. The first kappa shape index (κ1) is 24.2. The predicted octanol–water partition coefficient (Wildman–Crippen LogP) is 2.13. The van der Waals surface area contributed by atoms with Gasteiger partial charge in [0.1, 0.15) is 6.04 Å². The van der Waals surface area contributed by atoms with Gasteiger partial charge in [-0.2, -0.15) is 4.31 Å². The van der Waals surface area contributed by atoms with E-state index in [0.29, 0.717) is 31.7 Å². The number of fused-ring (bicyclic) bond motifs is 1. The van der Waals surface area contributed by atoms with Crippen LogP contribution in [0.4, 0.5) is 5.69 Å².